The standard InChI is InChI=1S/C24H29N5/c1-19-10-16-29(17-11-19)24-26-22(21-6-4-3-5-7-21)18-23(27-24)28(2)15-12-20-8-13-25-14-9-20/h3-9,13-14,18-19H,10-12,15-17H2,1-2H3. The van der Waals surface area contributed by atoms with Crippen LogP contribution in [-0.4, -0.2) is 41.6 Å². The lowest BCUT2D eigenvalue weighted by Gasteiger charge is -2.31. The maximum absolute atomic E-state index is 4.95. The predicted octanol–water partition coefficient (Wildman–Crippen LogP) is 4.45. The Labute approximate surface area is 173 Å². The number of pyridine rings is 1. The SMILES string of the molecule is CC1CCN(c2nc(-c3ccccc3)cc(N(C)CCc3ccncc3)n2)CC1. The smallest absolute Gasteiger partial charge is 0.227 e. The molecule has 0 bridgehead atoms. The molecule has 0 spiro atoms. The summed E-state index contributed by atoms with van der Waals surface area (Å²) in [6.45, 7) is 5.28. The van der Waals surface area contributed by atoms with E-state index in [1.165, 1.54) is 18.4 Å². The molecule has 0 unspecified atom stereocenters. The van der Waals surface area contributed by atoms with E-state index in [1.54, 1.807) is 0 Å². The third-order valence-corrected chi connectivity index (χ3v) is 5.71. The Morgan fingerprint density at radius 1 is 1.00 bits per heavy atom. The highest BCUT2D eigenvalue weighted by atomic mass is 15.3. The van der Waals surface area contributed by atoms with Crippen molar-refractivity contribution in [2.75, 3.05) is 36.5 Å². The van der Waals surface area contributed by atoms with Crippen LogP contribution < -0.4 is 9.80 Å². The molecule has 0 aliphatic carbocycles. The molecule has 5 nitrogen and oxygen atoms in total. The molecule has 1 aliphatic heterocycles. The number of hydrogen-bond acceptors (Lipinski definition) is 5. The maximum atomic E-state index is 4.95. The molecule has 0 N–H and O–H groups in total. The van der Waals surface area contributed by atoms with Crippen molar-refractivity contribution in [3.8, 4) is 11.3 Å². The number of likely N-dealkylation sites (N-methyl/N-ethyl adjacent to an activating group) is 1. The third kappa shape index (κ3) is 4.91. The number of hydrogen-bond donors (Lipinski definition) is 0. The van der Waals surface area contributed by atoms with Gasteiger partial charge >= 0.3 is 0 Å². The molecule has 29 heavy (non-hydrogen) atoms. The van der Waals surface area contributed by atoms with Crippen LogP contribution in [-0.2, 0) is 6.42 Å². The van der Waals surface area contributed by atoms with Gasteiger partial charge in [0.1, 0.15) is 5.82 Å². The number of aromatic nitrogens is 3. The monoisotopic (exact) mass is 387 g/mol. The minimum atomic E-state index is 0.783. The second kappa shape index (κ2) is 9.03. The van der Waals surface area contributed by atoms with Crippen molar-refractivity contribution < 1.29 is 0 Å². The lowest BCUT2D eigenvalue weighted by atomic mass is 10.00. The summed E-state index contributed by atoms with van der Waals surface area (Å²) in [5.74, 6) is 2.61. The molecule has 1 aliphatic rings. The molecule has 4 rings (SSSR count). The van der Waals surface area contributed by atoms with Gasteiger partial charge in [-0.15, -0.1) is 0 Å². The summed E-state index contributed by atoms with van der Waals surface area (Å²) >= 11 is 0. The van der Waals surface area contributed by atoms with Gasteiger partial charge in [0.15, 0.2) is 0 Å². The second-order valence-electron chi connectivity index (χ2n) is 7.97. The van der Waals surface area contributed by atoms with Crippen molar-refractivity contribution in [1.82, 2.24) is 15.0 Å². The Kier molecular flexibility index (Phi) is 6.03. The first-order valence-electron chi connectivity index (χ1n) is 10.5. The number of rotatable bonds is 6. The molecule has 1 saturated heterocycles. The van der Waals surface area contributed by atoms with Crippen LogP contribution in [0.15, 0.2) is 60.9 Å². The molecule has 0 atom stereocenters. The Morgan fingerprint density at radius 2 is 1.72 bits per heavy atom. The summed E-state index contributed by atoms with van der Waals surface area (Å²) in [6, 6.07) is 16.7. The number of nitrogens with zero attached hydrogens (tertiary/aromatic N) is 5. The summed E-state index contributed by atoms with van der Waals surface area (Å²) in [4.78, 5) is 18.6. The highest BCUT2D eigenvalue weighted by molar-refractivity contribution is 5.65. The molecule has 3 heterocycles. The van der Waals surface area contributed by atoms with Crippen LogP contribution in [0, 0.1) is 5.92 Å². The fraction of sp³-hybridized carbons (Fsp3) is 0.375. The summed E-state index contributed by atoms with van der Waals surface area (Å²) in [5.41, 5.74) is 3.40. The van der Waals surface area contributed by atoms with Crippen LogP contribution in [0.5, 0.6) is 0 Å². The largest absolute Gasteiger partial charge is 0.359 e. The molecule has 0 radical (unpaired) electrons. The van der Waals surface area contributed by atoms with Gasteiger partial charge in [0, 0.05) is 50.7 Å². The van der Waals surface area contributed by atoms with Crippen LogP contribution in [0.4, 0.5) is 11.8 Å². The molecular formula is C24H29N5. The third-order valence-electron chi connectivity index (χ3n) is 5.71. The van der Waals surface area contributed by atoms with Crippen molar-refractivity contribution in [2.24, 2.45) is 5.92 Å². The Morgan fingerprint density at radius 3 is 2.45 bits per heavy atom. The maximum Gasteiger partial charge on any atom is 0.227 e. The van der Waals surface area contributed by atoms with Crippen molar-refractivity contribution in [3.63, 3.8) is 0 Å². The molecule has 1 fully saturated rings. The van der Waals surface area contributed by atoms with Gasteiger partial charge in [-0.1, -0.05) is 37.3 Å². The van der Waals surface area contributed by atoms with Gasteiger partial charge in [0.2, 0.25) is 5.95 Å². The van der Waals surface area contributed by atoms with E-state index < -0.39 is 0 Å². The molecule has 3 aromatic rings. The minimum absolute atomic E-state index is 0.783. The minimum Gasteiger partial charge on any atom is -0.359 e. The molecule has 0 saturated carbocycles. The first-order valence-corrected chi connectivity index (χ1v) is 10.5. The van der Waals surface area contributed by atoms with Crippen molar-refractivity contribution in [1.29, 1.82) is 0 Å². The van der Waals surface area contributed by atoms with Crippen LogP contribution in [0.25, 0.3) is 11.3 Å². The second-order valence-corrected chi connectivity index (χ2v) is 7.97. The fourth-order valence-electron chi connectivity index (χ4n) is 3.69. The Hall–Kier alpha value is -2.95. The predicted molar refractivity (Wildman–Crippen MR) is 119 cm³/mol. The zero-order valence-electron chi connectivity index (χ0n) is 17.3. The van der Waals surface area contributed by atoms with Crippen LogP contribution in [0.3, 0.4) is 0 Å². The number of anilines is 2. The van der Waals surface area contributed by atoms with Gasteiger partial charge in [-0.05, 0) is 42.9 Å². The zero-order chi connectivity index (χ0) is 20.1. The van der Waals surface area contributed by atoms with Crippen LogP contribution >= 0.6 is 0 Å². The van der Waals surface area contributed by atoms with Gasteiger partial charge in [0.25, 0.3) is 0 Å². The summed E-state index contributed by atoms with van der Waals surface area (Å²) < 4.78 is 0. The zero-order valence-corrected chi connectivity index (χ0v) is 17.3. The van der Waals surface area contributed by atoms with E-state index in [1.807, 2.05) is 18.5 Å². The van der Waals surface area contributed by atoms with E-state index in [9.17, 15) is 0 Å². The lowest BCUT2D eigenvalue weighted by Crippen LogP contribution is -2.34. The van der Waals surface area contributed by atoms with E-state index in [2.05, 4.69) is 71.2 Å². The van der Waals surface area contributed by atoms with Crippen LogP contribution in [0.1, 0.15) is 25.3 Å². The first-order chi connectivity index (χ1) is 14.2. The summed E-state index contributed by atoms with van der Waals surface area (Å²) in [7, 11) is 2.11. The first kappa shape index (κ1) is 19.4. The molecule has 0 amide bonds. The van der Waals surface area contributed by atoms with Crippen LogP contribution in [0.2, 0.25) is 0 Å². The molecular weight excluding hydrogens is 358 g/mol. The molecule has 1 aromatic carbocycles. The van der Waals surface area contributed by atoms with Crippen molar-refractivity contribution in [2.45, 2.75) is 26.2 Å². The summed E-state index contributed by atoms with van der Waals surface area (Å²) in [6.07, 6.45) is 7.06. The normalized spacial score (nSPS) is 14.8. The topological polar surface area (TPSA) is 45.2 Å². The van der Waals surface area contributed by atoms with Gasteiger partial charge in [-0.3, -0.25) is 4.98 Å². The molecule has 5 heteroatoms. The van der Waals surface area contributed by atoms with E-state index in [-0.39, 0.29) is 0 Å². The lowest BCUT2D eigenvalue weighted by molar-refractivity contribution is 0.434. The molecule has 150 valence electrons. The summed E-state index contributed by atoms with van der Waals surface area (Å²) in [5, 5.41) is 0. The Bertz CT molecular complexity index is 905. The number of benzene rings is 1. The fourth-order valence-corrected chi connectivity index (χ4v) is 3.69. The highest BCUT2D eigenvalue weighted by Gasteiger charge is 2.20. The Balaban J connectivity index is 1.60. The van der Waals surface area contributed by atoms with E-state index >= 15 is 0 Å². The van der Waals surface area contributed by atoms with Gasteiger partial charge in [-0.2, -0.15) is 4.98 Å². The quantitative estimate of drug-likeness (QED) is 0.625. The average Bonchev–Trinajstić information content (AvgIpc) is 2.79. The van der Waals surface area contributed by atoms with Crippen molar-refractivity contribution >= 4 is 11.8 Å². The van der Waals surface area contributed by atoms with E-state index in [4.69, 9.17) is 9.97 Å². The average molecular weight is 388 g/mol. The van der Waals surface area contributed by atoms with E-state index in [0.29, 0.717) is 0 Å². The van der Waals surface area contributed by atoms with Gasteiger partial charge in [0.05, 0.1) is 5.69 Å². The molecule has 2 aromatic heterocycles. The number of piperidine rings is 1. The van der Waals surface area contributed by atoms with E-state index in [0.717, 1.165) is 55.0 Å². The highest BCUT2D eigenvalue weighted by Crippen LogP contribution is 2.27. The van der Waals surface area contributed by atoms with Gasteiger partial charge in [-0.25, -0.2) is 4.98 Å². The van der Waals surface area contributed by atoms with Crippen molar-refractivity contribution in [3.05, 3.63) is 66.5 Å². The van der Waals surface area contributed by atoms with Gasteiger partial charge < -0.3 is 9.80 Å².